The SMILES string of the molecule is CC(=CC1C=CC=C2Oc3ncccc3C(=CCCN3CCC(O)(c4ccc(Cl)cc4)CC3)C=C21)C(=O)O. The van der Waals surface area contributed by atoms with Gasteiger partial charge in [-0.3, -0.25) is 0 Å². The summed E-state index contributed by atoms with van der Waals surface area (Å²) < 4.78 is 6.20. The summed E-state index contributed by atoms with van der Waals surface area (Å²) in [6.07, 6.45) is 15.7. The van der Waals surface area contributed by atoms with Gasteiger partial charge in [-0.15, -0.1) is 0 Å². The maximum Gasteiger partial charge on any atom is 0.330 e. The molecule has 196 valence electrons. The Morgan fingerprint density at radius 2 is 2.00 bits per heavy atom. The minimum Gasteiger partial charge on any atom is -0.478 e. The zero-order valence-corrected chi connectivity index (χ0v) is 22.1. The third kappa shape index (κ3) is 5.68. The van der Waals surface area contributed by atoms with Gasteiger partial charge in [0.2, 0.25) is 5.88 Å². The van der Waals surface area contributed by atoms with Crippen molar-refractivity contribution in [2.45, 2.75) is 31.8 Å². The van der Waals surface area contributed by atoms with E-state index in [9.17, 15) is 15.0 Å². The van der Waals surface area contributed by atoms with Crippen LogP contribution in [0, 0.1) is 5.92 Å². The number of carbonyl (C=O) groups is 1. The Labute approximate surface area is 227 Å². The Balaban J connectivity index is 1.33. The fourth-order valence-electron chi connectivity index (χ4n) is 5.18. The van der Waals surface area contributed by atoms with E-state index in [1.54, 1.807) is 19.2 Å². The van der Waals surface area contributed by atoms with Crippen molar-refractivity contribution in [1.29, 1.82) is 0 Å². The summed E-state index contributed by atoms with van der Waals surface area (Å²) in [5.74, 6) is 0.0642. The molecule has 1 aromatic heterocycles. The molecule has 2 aromatic rings. The summed E-state index contributed by atoms with van der Waals surface area (Å²) in [5, 5.41) is 21.3. The van der Waals surface area contributed by atoms with Crippen molar-refractivity contribution in [2.24, 2.45) is 5.92 Å². The number of benzene rings is 1. The second kappa shape index (κ2) is 11.1. The van der Waals surface area contributed by atoms with E-state index < -0.39 is 11.6 Å². The number of nitrogens with zero attached hydrogens (tertiary/aromatic N) is 2. The number of carboxylic acids is 1. The fraction of sp³-hybridized carbons (Fsp3) is 0.290. The van der Waals surface area contributed by atoms with Crippen LogP contribution >= 0.6 is 11.6 Å². The fourth-order valence-corrected chi connectivity index (χ4v) is 5.31. The standard InChI is InChI=1S/C31H31ClN2O4/c1-21(30(35)36)19-22-5-2-8-28-27(22)20-23(26-7-3-15-33-29(26)38-28)6-4-16-34-17-13-31(37,14-18-34)24-9-11-25(32)12-10-24/h2-3,5-12,15,19-20,22,37H,4,13-14,16-18H2,1H3,(H,35,36). The van der Waals surface area contributed by atoms with Crippen molar-refractivity contribution in [3.63, 3.8) is 0 Å². The predicted molar refractivity (Wildman–Crippen MR) is 149 cm³/mol. The number of piperidine rings is 1. The van der Waals surface area contributed by atoms with E-state index in [0.29, 0.717) is 29.5 Å². The first-order chi connectivity index (χ1) is 18.3. The highest BCUT2D eigenvalue weighted by Crippen LogP contribution is 2.39. The van der Waals surface area contributed by atoms with E-state index in [-0.39, 0.29) is 11.5 Å². The van der Waals surface area contributed by atoms with Gasteiger partial charge in [0.05, 0.1) is 5.60 Å². The van der Waals surface area contributed by atoms with Crippen LogP contribution in [0.1, 0.15) is 37.3 Å². The molecule has 6 nitrogen and oxygen atoms in total. The van der Waals surface area contributed by atoms with Gasteiger partial charge >= 0.3 is 5.97 Å². The van der Waals surface area contributed by atoms with E-state index in [4.69, 9.17) is 16.3 Å². The molecule has 38 heavy (non-hydrogen) atoms. The Kier molecular flexibility index (Phi) is 7.65. The van der Waals surface area contributed by atoms with Crippen LogP contribution in [0.15, 0.2) is 96.0 Å². The largest absolute Gasteiger partial charge is 0.478 e. The van der Waals surface area contributed by atoms with Gasteiger partial charge < -0.3 is 19.8 Å². The van der Waals surface area contributed by atoms with Crippen molar-refractivity contribution in [1.82, 2.24) is 9.88 Å². The topological polar surface area (TPSA) is 82.9 Å². The van der Waals surface area contributed by atoms with Crippen LogP contribution < -0.4 is 4.74 Å². The summed E-state index contributed by atoms with van der Waals surface area (Å²) in [6.45, 7) is 4.09. The molecule has 2 N–H and O–H groups in total. The second-order valence-electron chi connectivity index (χ2n) is 9.98. The molecule has 1 aliphatic carbocycles. The van der Waals surface area contributed by atoms with Crippen molar-refractivity contribution in [2.75, 3.05) is 19.6 Å². The number of aromatic nitrogens is 1. The van der Waals surface area contributed by atoms with Gasteiger partial charge in [0, 0.05) is 53.5 Å². The third-order valence-corrected chi connectivity index (χ3v) is 7.70. The summed E-state index contributed by atoms with van der Waals surface area (Å²) in [4.78, 5) is 18.3. The highest BCUT2D eigenvalue weighted by Gasteiger charge is 2.33. The van der Waals surface area contributed by atoms with Crippen LogP contribution in [-0.4, -0.2) is 45.7 Å². The number of likely N-dealkylation sites (tertiary alicyclic amines) is 1. The van der Waals surface area contributed by atoms with Gasteiger partial charge in [0.15, 0.2) is 0 Å². The van der Waals surface area contributed by atoms with Crippen molar-refractivity contribution < 1.29 is 19.7 Å². The van der Waals surface area contributed by atoms with E-state index in [1.807, 2.05) is 54.6 Å². The number of aliphatic carboxylic acids is 1. The molecule has 1 fully saturated rings. The van der Waals surface area contributed by atoms with Crippen LogP contribution in [0.25, 0.3) is 5.57 Å². The minimum absolute atomic E-state index is 0.212. The number of carboxylic acid groups (broad SMARTS) is 1. The maximum atomic E-state index is 11.5. The predicted octanol–water partition coefficient (Wildman–Crippen LogP) is 5.91. The zero-order valence-electron chi connectivity index (χ0n) is 21.3. The van der Waals surface area contributed by atoms with E-state index in [2.05, 4.69) is 22.0 Å². The molecule has 1 saturated heterocycles. The minimum atomic E-state index is -0.935. The molecule has 7 heteroatoms. The lowest BCUT2D eigenvalue weighted by Gasteiger charge is -2.38. The summed E-state index contributed by atoms with van der Waals surface area (Å²) in [5.41, 5.74) is 3.21. The van der Waals surface area contributed by atoms with Crippen molar-refractivity contribution >= 4 is 23.1 Å². The highest BCUT2D eigenvalue weighted by atomic mass is 35.5. The van der Waals surface area contributed by atoms with Gasteiger partial charge in [-0.25, -0.2) is 9.78 Å². The molecule has 0 spiro atoms. The zero-order chi connectivity index (χ0) is 26.7. The summed E-state index contributed by atoms with van der Waals surface area (Å²) in [6, 6.07) is 11.4. The van der Waals surface area contributed by atoms with Crippen molar-refractivity contribution in [3.05, 3.63) is 112 Å². The molecule has 0 bridgehead atoms. The Morgan fingerprint density at radius 1 is 1.24 bits per heavy atom. The molecule has 0 saturated carbocycles. The number of halogens is 1. The number of aliphatic hydroxyl groups is 1. The number of allylic oxidation sites excluding steroid dienone is 7. The number of hydrogen-bond donors (Lipinski definition) is 2. The quantitative estimate of drug-likeness (QED) is 0.452. The third-order valence-electron chi connectivity index (χ3n) is 7.45. The first kappa shape index (κ1) is 26.2. The summed E-state index contributed by atoms with van der Waals surface area (Å²) >= 11 is 6.02. The maximum absolute atomic E-state index is 11.5. The lowest BCUT2D eigenvalue weighted by Crippen LogP contribution is -2.42. The normalized spacial score (nSPS) is 22.0. The lowest BCUT2D eigenvalue weighted by atomic mass is 9.84. The average Bonchev–Trinajstić information content (AvgIpc) is 3.07. The van der Waals surface area contributed by atoms with E-state index >= 15 is 0 Å². The Hall–Kier alpha value is -3.45. The van der Waals surface area contributed by atoms with Gasteiger partial charge in [-0.05, 0) is 73.7 Å². The van der Waals surface area contributed by atoms with Gasteiger partial charge in [-0.1, -0.05) is 48.0 Å². The van der Waals surface area contributed by atoms with Gasteiger partial charge in [0.1, 0.15) is 5.76 Å². The summed E-state index contributed by atoms with van der Waals surface area (Å²) in [7, 11) is 0. The van der Waals surface area contributed by atoms with E-state index in [1.165, 1.54) is 0 Å². The van der Waals surface area contributed by atoms with Crippen molar-refractivity contribution in [3.8, 4) is 5.88 Å². The van der Waals surface area contributed by atoms with Crippen LogP contribution in [0.2, 0.25) is 5.02 Å². The molecule has 1 aromatic carbocycles. The monoisotopic (exact) mass is 530 g/mol. The number of hydrogen-bond acceptors (Lipinski definition) is 5. The van der Waals surface area contributed by atoms with Gasteiger partial charge in [0.25, 0.3) is 0 Å². The van der Waals surface area contributed by atoms with Crippen LogP contribution in [0.4, 0.5) is 0 Å². The molecule has 2 aliphatic heterocycles. The van der Waals surface area contributed by atoms with Gasteiger partial charge in [-0.2, -0.15) is 0 Å². The molecule has 5 rings (SSSR count). The molecule has 0 amide bonds. The van der Waals surface area contributed by atoms with E-state index in [0.717, 1.165) is 48.3 Å². The van der Waals surface area contributed by atoms with Crippen LogP contribution in [0.5, 0.6) is 5.88 Å². The molecule has 3 heterocycles. The molecule has 1 atom stereocenters. The smallest absolute Gasteiger partial charge is 0.330 e. The molecule has 3 aliphatic rings. The first-order valence-corrected chi connectivity index (χ1v) is 13.3. The lowest BCUT2D eigenvalue weighted by molar-refractivity contribution is -0.132. The van der Waals surface area contributed by atoms with Crippen LogP contribution in [0.3, 0.4) is 0 Å². The molecular formula is C31H31ClN2O4. The number of pyridine rings is 1. The molecular weight excluding hydrogens is 500 g/mol. The molecule has 0 radical (unpaired) electrons. The first-order valence-electron chi connectivity index (χ1n) is 12.9. The average molecular weight is 531 g/mol. The second-order valence-corrected chi connectivity index (χ2v) is 10.4. The number of ether oxygens (including phenoxy) is 1. The Morgan fingerprint density at radius 3 is 2.74 bits per heavy atom. The number of fused-ring (bicyclic) bond motifs is 2. The van der Waals surface area contributed by atoms with Crippen LogP contribution in [-0.2, 0) is 10.4 Å². The highest BCUT2D eigenvalue weighted by molar-refractivity contribution is 6.30. The Bertz CT molecular complexity index is 1360. The number of rotatable bonds is 6. The molecule has 1 unspecified atom stereocenters.